The van der Waals surface area contributed by atoms with Gasteiger partial charge in [0.05, 0.1) is 11.0 Å². The van der Waals surface area contributed by atoms with Crippen LogP contribution < -0.4 is 5.43 Å². The molecule has 0 unspecified atom stereocenters. The number of hydrogen-bond donors (Lipinski definition) is 1. The van der Waals surface area contributed by atoms with Crippen LogP contribution in [0.2, 0.25) is 0 Å². The van der Waals surface area contributed by atoms with E-state index in [9.17, 15) is 4.79 Å². The number of halogens is 1. The van der Waals surface area contributed by atoms with Crippen LogP contribution >= 0.6 is 12.4 Å². The van der Waals surface area contributed by atoms with Gasteiger partial charge in [0.15, 0.2) is 5.43 Å². The van der Waals surface area contributed by atoms with Gasteiger partial charge in [-0.05, 0) is 32.0 Å². The first-order valence-electron chi connectivity index (χ1n) is 5.82. The Labute approximate surface area is 111 Å². The highest BCUT2D eigenvalue weighted by Gasteiger charge is 2.11. The molecule has 1 N–H and O–H groups in total. The van der Waals surface area contributed by atoms with E-state index in [0.29, 0.717) is 0 Å². The molecule has 0 saturated carbocycles. The van der Waals surface area contributed by atoms with Crippen molar-refractivity contribution in [3.63, 3.8) is 0 Å². The maximum atomic E-state index is 11.5. The fourth-order valence-corrected chi connectivity index (χ4v) is 2.58. The number of nitrogens with zero attached hydrogens (tertiary/aromatic N) is 1. The zero-order valence-electron chi connectivity index (χ0n) is 10.4. The van der Waals surface area contributed by atoms with E-state index in [1.807, 2.05) is 12.3 Å². The van der Waals surface area contributed by atoms with Crippen molar-refractivity contribution in [2.45, 2.75) is 20.4 Å². The number of aromatic nitrogens is 2. The molecule has 0 radical (unpaired) electrons. The van der Waals surface area contributed by atoms with Gasteiger partial charge in [-0.2, -0.15) is 0 Å². The molecule has 0 fully saturated rings. The normalized spacial score (nSPS) is 10.8. The van der Waals surface area contributed by atoms with Gasteiger partial charge in [-0.15, -0.1) is 12.4 Å². The third-order valence-electron chi connectivity index (χ3n) is 3.30. The smallest absolute Gasteiger partial charge is 0.180 e. The molecule has 0 bridgehead atoms. The van der Waals surface area contributed by atoms with Gasteiger partial charge in [-0.1, -0.05) is 0 Å². The average molecular weight is 263 g/mol. The van der Waals surface area contributed by atoms with Gasteiger partial charge in [0.25, 0.3) is 0 Å². The SMILES string of the molecule is CCn1c2cc(=O)ccc2c2cc[nH]c(C)c21.Cl. The number of H-pyrrole nitrogens is 1. The second-order valence-electron chi connectivity index (χ2n) is 4.29. The third-order valence-corrected chi connectivity index (χ3v) is 3.30. The minimum absolute atomic E-state index is 0. The number of fused-ring (bicyclic) bond motifs is 3. The van der Waals surface area contributed by atoms with Crippen molar-refractivity contribution in [1.29, 1.82) is 0 Å². The molecule has 3 nitrogen and oxygen atoms in total. The van der Waals surface area contributed by atoms with Crippen molar-refractivity contribution in [2.75, 3.05) is 0 Å². The van der Waals surface area contributed by atoms with Crippen molar-refractivity contribution in [1.82, 2.24) is 9.55 Å². The van der Waals surface area contributed by atoms with E-state index in [2.05, 4.69) is 29.5 Å². The lowest BCUT2D eigenvalue weighted by Gasteiger charge is -2.04. The number of rotatable bonds is 1. The van der Waals surface area contributed by atoms with E-state index in [1.165, 1.54) is 10.9 Å². The van der Waals surface area contributed by atoms with Gasteiger partial charge >= 0.3 is 0 Å². The lowest BCUT2D eigenvalue weighted by atomic mass is 10.2. The molecule has 0 aliphatic rings. The zero-order valence-corrected chi connectivity index (χ0v) is 11.2. The molecule has 0 aliphatic carbocycles. The largest absolute Gasteiger partial charge is 0.364 e. The summed E-state index contributed by atoms with van der Waals surface area (Å²) >= 11 is 0. The Hall–Kier alpha value is -1.74. The number of aryl methyl sites for hydroxylation is 2. The lowest BCUT2D eigenvalue weighted by Crippen LogP contribution is -1.99. The molecule has 4 heteroatoms. The molecule has 0 aliphatic heterocycles. The molecule has 2 aromatic heterocycles. The lowest BCUT2D eigenvalue weighted by molar-refractivity contribution is 0.821. The number of hydrogen-bond acceptors (Lipinski definition) is 1. The van der Waals surface area contributed by atoms with Gasteiger partial charge in [0.2, 0.25) is 0 Å². The second-order valence-corrected chi connectivity index (χ2v) is 4.29. The molecular weight excluding hydrogens is 248 g/mol. The van der Waals surface area contributed by atoms with Crippen LogP contribution in [0.5, 0.6) is 0 Å². The molecular formula is C14H15ClN2O. The summed E-state index contributed by atoms with van der Waals surface area (Å²) in [6.45, 7) is 5.02. The maximum absolute atomic E-state index is 11.5. The summed E-state index contributed by atoms with van der Waals surface area (Å²) in [5.41, 5.74) is 3.41. The molecule has 0 amide bonds. The van der Waals surface area contributed by atoms with Crippen molar-refractivity contribution >= 4 is 34.2 Å². The van der Waals surface area contributed by atoms with Crippen LogP contribution in [-0.2, 0) is 6.54 Å². The Balaban J connectivity index is 0.00000120. The first-order chi connectivity index (χ1) is 8.22. The van der Waals surface area contributed by atoms with E-state index in [4.69, 9.17) is 0 Å². The van der Waals surface area contributed by atoms with Gasteiger partial charge in [-0.3, -0.25) is 4.79 Å². The second kappa shape index (κ2) is 4.50. The fourth-order valence-electron chi connectivity index (χ4n) is 2.58. The molecule has 0 atom stereocenters. The number of nitrogens with one attached hydrogen (secondary N) is 1. The summed E-state index contributed by atoms with van der Waals surface area (Å²) in [5.74, 6) is 0. The summed E-state index contributed by atoms with van der Waals surface area (Å²) in [6, 6.07) is 7.35. The highest BCUT2D eigenvalue weighted by Crippen LogP contribution is 2.28. The van der Waals surface area contributed by atoms with Crippen LogP contribution in [0.25, 0.3) is 21.8 Å². The summed E-state index contributed by atoms with van der Waals surface area (Å²) in [6.07, 6.45) is 1.95. The van der Waals surface area contributed by atoms with Gasteiger partial charge in [0, 0.05) is 35.3 Å². The van der Waals surface area contributed by atoms with Crippen LogP contribution in [0, 0.1) is 6.92 Å². The van der Waals surface area contributed by atoms with Crippen LogP contribution in [0.1, 0.15) is 12.6 Å². The van der Waals surface area contributed by atoms with Crippen molar-refractivity contribution < 1.29 is 0 Å². The van der Waals surface area contributed by atoms with E-state index < -0.39 is 0 Å². The Morgan fingerprint density at radius 3 is 2.72 bits per heavy atom. The van der Waals surface area contributed by atoms with Crippen LogP contribution in [0.4, 0.5) is 0 Å². The number of benzene rings is 1. The third kappa shape index (κ3) is 1.63. The predicted octanol–water partition coefficient (Wildman–Crippen LogP) is 3.23. The Morgan fingerprint density at radius 1 is 1.22 bits per heavy atom. The highest BCUT2D eigenvalue weighted by molar-refractivity contribution is 6.08. The predicted molar refractivity (Wildman–Crippen MR) is 77.7 cm³/mol. The summed E-state index contributed by atoms with van der Waals surface area (Å²) in [5, 5.41) is 2.36. The number of aromatic amines is 1. The Bertz CT molecular complexity index is 770. The topological polar surface area (TPSA) is 37.8 Å². The monoisotopic (exact) mass is 262 g/mol. The Morgan fingerprint density at radius 2 is 2.00 bits per heavy atom. The number of pyridine rings is 1. The Kier molecular flexibility index (Phi) is 3.18. The van der Waals surface area contributed by atoms with Gasteiger partial charge in [0.1, 0.15) is 0 Å². The first-order valence-corrected chi connectivity index (χ1v) is 5.82. The average Bonchev–Trinajstić information content (AvgIpc) is 2.63. The molecule has 0 spiro atoms. The quantitative estimate of drug-likeness (QED) is 0.718. The van der Waals surface area contributed by atoms with E-state index in [0.717, 1.165) is 23.1 Å². The van der Waals surface area contributed by atoms with Crippen LogP contribution in [0.15, 0.2) is 35.3 Å². The van der Waals surface area contributed by atoms with Crippen molar-refractivity contribution in [2.24, 2.45) is 0 Å². The highest BCUT2D eigenvalue weighted by atomic mass is 35.5. The minimum atomic E-state index is 0. The van der Waals surface area contributed by atoms with E-state index >= 15 is 0 Å². The maximum Gasteiger partial charge on any atom is 0.180 e. The standard InChI is InChI=1S/C14H14N2O.ClH/c1-3-16-13-8-10(17)4-5-11(13)12-6-7-15-9(2)14(12)16;/h4-8,15H,3H2,1-2H3;1H. The summed E-state index contributed by atoms with van der Waals surface area (Å²) in [7, 11) is 0. The molecule has 2 heterocycles. The molecule has 18 heavy (non-hydrogen) atoms. The molecule has 3 aromatic rings. The molecule has 1 aromatic carbocycles. The van der Waals surface area contributed by atoms with Gasteiger partial charge < -0.3 is 9.55 Å². The molecule has 3 rings (SSSR count). The van der Waals surface area contributed by atoms with E-state index in [1.54, 1.807) is 12.1 Å². The van der Waals surface area contributed by atoms with Gasteiger partial charge in [-0.25, -0.2) is 0 Å². The summed E-state index contributed by atoms with van der Waals surface area (Å²) in [4.78, 5) is 14.7. The van der Waals surface area contributed by atoms with Crippen molar-refractivity contribution in [3.05, 3.63) is 46.4 Å². The molecule has 0 saturated heterocycles. The minimum Gasteiger partial charge on any atom is -0.364 e. The van der Waals surface area contributed by atoms with E-state index in [-0.39, 0.29) is 17.8 Å². The van der Waals surface area contributed by atoms with Crippen molar-refractivity contribution in [3.8, 4) is 0 Å². The first kappa shape index (κ1) is 12.7. The van der Waals surface area contributed by atoms with Crippen LogP contribution in [-0.4, -0.2) is 9.55 Å². The zero-order chi connectivity index (χ0) is 12.0. The summed E-state index contributed by atoms with van der Waals surface area (Å²) < 4.78 is 2.19. The fraction of sp³-hybridized carbons (Fsp3) is 0.214. The van der Waals surface area contributed by atoms with Crippen LogP contribution in [0.3, 0.4) is 0 Å². The molecule has 94 valence electrons.